The van der Waals surface area contributed by atoms with E-state index in [4.69, 9.17) is 4.74 Å². The van der Waals surface area contributed by atoms with E-state index in [-0.39, 0.29) is 24.4 Å². The summed E-state index contributed by atoms with van der Waals surface area (Å²) in [5, 5.41) is 2.84. The number of carbonyl (C=O) groups is 2. The Bertz CT molecular complexity index is 730. The van der Waals surface area contributed by atoms with Gasteiger partial charge in [0.15, 0.2) is 6.61 Å². The van der Waals surface area contributed by atoms with E-state index in [1.54, 1.807) is 0 Å². The summed E-state index contributed by atoms with van der Waals surface area (Å²) in [7, 11) is 0. The highest BCUT2D eigenvalue weighted by atomic mass is 16.5. The van der Waals surface area contributed by atoms with E-state index in [2.05, 4.69) is 5.32 Å². The molecule has 0 fully saturated rings. The van der Waals surface area contributed by atoms with Crippen molar-refractivity contribution in [2.75, 3.05) is 11.9 Å². The lowest BCUT2D eigenvalue weighted by Gasteiger charge is -2.16. The minimum atomic E-state index is -0.374. The Morgan fingerprint density at radius 2 is 1.64 bits per heavy atom. The van der Waals surface area contributed by atoms with Crippen LogP contribution in [-0.4, -0.2) is 18.5 Å². The van der Waals surface area contributed by atoms with Gasteiger partial charge in [-0.15, -0.1) is 0 Å². The van der Waals surface area contributed by atoms with Crippen molar-refractivity contribution in [2.45, 2.75) is 40.0 Å². The maximum absolute atomic E-state index is 12.3. The number of rotatable bonds is 6. The summed E-state index contributed by atoms with van der Waals surface area (Å²) in [6.45, 7) is 7.56. The van der Waals surface area contributed by atoms with Crippen molar-refractivity contribution in [2.24, 2.45) is 0 Å². The SMILES string of the molecule is CC[C@@H](C(=O)OCC(=O)Nc1c(C)cc(C)cc1C)c1ccccc1. The van der Waals surface area contributed by atoms with Gasteiger partial charge in [-0.2, -0.15) is 0 Å². The molecule has 0 aromatic heterocycles. The Labute approximate surface area is 149 Å². The second-order valence-corrected chi connectivity index (χ2v) is 6.30. The summed E-state index contributed by atoms with van der Waals surface area (Å²) in [4.78, 5) is 24.5. The van der Waals surface area contributed by atoms with Crippen LogP contribution >= 0.6 is 0 Å². The maximum atomic E-state index is 12.3. The van der Waals surface area contributed by atoms with Gasteiger partial charge < -0.3 is 10.1 Å². The quantitative estimate of drug-likeness (QED) is 0.799. The van der Waals surface area contributed by atoms with Crippen LogP contribution in [0.4, 0.5) is 5.69 Å². The second-order valence-electron chi connectivity index (χ2n) is 6.30. The molecule has 132 valence electrons. The molecular formula is C21H25NO3. The Balaban J connectivity index is 1.97. The zero-order valence-corrected chi connectivity index (χ0v) is 15.3. The highest BCUT2D eigenvalue weighted by Gasteiger charge is 2.21. The summed E-state index contributed by atoms with van der Waals surface area (Å²) in [6.07, 6.45) is 0.626. The van der Waals surface area contributed by atoms with Crippen LogP contribution in [0.25, 0.3) is 0 Å². The van der Waals surface area contributed by atoms with Crippen molar-refractivity contribution in [3.05, 3.63) is 64.7 Å². The standard InChI is InChI=1S/C21H25NO3/c1-5-18(17-9-7-6-8-10-17)21(24)25-13-19(23)22-20-15(3)11-14(2)12-16(20)4/h6-12,18H,5,13H2,1-4H3,(H,22,23)/t18-/m1/s1. The van der Waals surface area contributed by atoms with Crippen LogP contribution in [0.5, 0.6) is 0 Å². The van der Waals surface area contributed by atoms with E-state index in [1.807, 2.05) is 70.2 Å². The molecule has 4 nitrogen and oxygen atoms in total. The summed E-state index contributed by atoms with van der Waals surface area (Å²) < 4.78 is 5.24. The predicted molar refractivity (Wildman–Crippen MR) is 99.7 cm³/mol. The van der Waals surface area contributed by atoms with Gasteiger partial charge in [-0.3, -0.25) is 9.59 Å². The molecule has 1 amide bonds. The van der Waals surface area contributed by atoms with E-state index in [0.717, 1.165) is 27.9 Å². The molecule has 0 unspecified atom stereocenters. The zero-order valence-electron chi connectivity index (χ0n) is 15.3. The van der Waals surface area contributed by atoms with Crippen molar-refractivity contribution in [3.8, 4) is 0 Å². The smallest absolute Gasteiger partial charge is 0.313 e. The number of esters is 1. The van der Waals surface area contributed by atoms with Gasteiger partial charge >= 0.3 is 5.97 Å². The highest BCUT2D eigenvalue weighted by Crippen LogP contribution is 2.23. The van der Waals surface area contributed by atoms with Gasteiger partial charge in [-0.25, -0.2) is 0 Å². The number of carbonyl (C=O) groups excluding carboxylic acids is 2. The summed E-state index contributed by atoms with van der Waals surface area (Å²) in [5.41, 5.74) is 4.82. The van der Waals surface area contributed by atoms with Crippen molar-refractivity contribution in [1.29, 1.82) is 0 Å². The van der Waals surface area contributed by atoms with Crippen LogP contribution in [0.2, 0.25) is 0 Å². The van der Waals surface area contributed by atoms with E-state index in [9.17, 15) is 9.59 Å². The lowest BCUT2D eigenvalue weighted by atomic mass is 9.97. The molecule has 2 aromatic carbocycles. The molecule has 1 N–H and O–H groups in total. The lowest BCUT2D eigenvalue weighted by molar-refractivity contribution is -0.149. The molecule has 0 heterocycles. The molecule has 0 radical (unpaired) electrons. The summed E-state index contributed by atoms with van der Waals surface area (Å²) >= 11 is 0. The number of benzene rings is 2. The minimum Gasteiger partial charge on any atom is -0.455 e. The van der Waals surface area contributed by atoms with Gasteiger partial charge in [-0.05, 0) is 43.9 Å². The fraction of sp³-hybridized carbons (Fsp3) is 0.333. The second kappa shape index (κ2) is 8.47. The Kier molecular flexibility index (Phi) is 6.34. The third-order valence-electron chi connectivity index (χ3n) is 4.18. The Hall–Kier alpha value is -2.62. The van der Waals surface area contributed by atoms with E-state index in [1.165, 1.54) is 0 Å². The number of ether oxygens (including phenoxy) is 1. The number of anilines is 1. The molecule has 2 aromatic rings. The lowest BCUT2D eigenvalue weighted by Crippen LogP contribution is -2.24. The molecule has 0 bridgehead atoms. The number of hydrogen-bond donors (Lipinski definition) is 1. The minimum absolute atomic E-state index is 0.283. The van der Waals surface area contributed by atoms with E-state index >= 15 is 0 Å². The topological polar surface area (TPSA) is 55.4 Å². The molecule has 0 aliphatic heterocycles. The van der Waals surface area contributed by atoms with Crippen molar-refractivity contribution in [1.82, 2.24) is 0 Å². The molecular weight excluding hydrogens is 314 g/mol. The molecule has 25 heavy (non-hydrogen) atoms. The van der Waals surface area contributed by atoms with Gasteiger partial charge in [0.25, 0.3) is 5.91 Å². The molecule has 0 saturated heterocycles. The molecule has 1 atom stereocenters. The van der Waals surface area contributed by atoms with Crippen LogP contribution in [0.1, 0.15) is 41.5 Å². The number of hydrogen-bond acceptors (Lipinski definition) is 3. The molecule has 0 aliphatic rings. The Morgan fingerprint density at radius 3 is 2.20 bits per heavy atom. The molecule has 0 spiro atoms. The van der Waals surface area contributed by atoms with Gasteiger partial charge in [0, 0.05) is 5.69 Å². The number of nitrogens with one attached hydrogen (secondary N) is 1. The third-order valence-corrected chi connectivity index (χ3v) is 4.18. The first-order chi connectivity index (χ1) is 11.9. The first-order valence-electron chi connectivity index (χ1n) is 8.51. The summed E-state index contributed by atoms with van der Waals surface area (Å²) in [5.74, 6) is -1.05. The molecule has 4 heteroatoms. The predicted octanol–water partition coefficient (Wildman–Crippen LogP) is 4.29. The summed E-state index contributed by atoms with van der Waals surface area (Å²) in [6, 6.07) is 13.5. The Morgan fingerprint density at radius 1 is 1.04 bits per heavy atom. The van der Waals surface area contributed by atoms with Crippen LogP contribution in [0.15, 0.2) is 42.5 Å². The maximum Gasteiger partial charge on any atom is 0.313 e. The fourth-order valence-electron chi connectivity index (χ4n) is 3.01. The van der Waals surface area contributed by atoms with Crippen LogP contribution < -0.4 is 5.32 Å². The number of amides is 1. The first-order valence-corrected chi connectivity index (χ1v) is 8.51. The van der Waals surface area contributed by atoms with Gasteiger partial charge in [0.05, 0.1) is 5.92 Å². The zero-order chi connectivity index (χ0) is 18.4. The average molecular weight is 339 g/mol. The number of aryl methyl sites for hydroxylation is 3. The molecule has 0 saturated carbocycles. The first kappa shape index (κ1) is 18.7. The molecule has 2 rings (SSSR count). The van der Waals surface area contributed by atoms with Gasteiger partial charge in [0.2, 0.25) is 0 Å². The van der Waals surface area contributed by atoms with Crippen molar-refractivity contribution >= 4 is 17.6 Å². The average Bonchev–Trinajstić information content (AvgIpc) is 2.58. The van der Waals surface area contributed by atoms with E-state index < -0.39 is 0 Å². The van der Waals surface area contributed by atoms with Crippen molar-refractivity contribution < 1.29 is 14.3 Å². The van der Waals surface area contributed by atoms with Crippen LogP contribution in [-0.2, 0) is 14.3 Å². The van der Waals surface area contributed by atoms with Crippen molar-refractivity contribution in [3.63, 3.8) is 0 Å². The monoisotopic (exact) mass is 339 g/mol. The molecule has 0 aliphatic carbocycles. The highest BCUT2D eigenvalue weighted by molar-refractivity contribution is 5.94. The largest absolute Gasteiger partial charge is 0.455 e. The third kappa shape index (κ3) is 4.92. The van der Waals surface area contributed by atoms with Crippen LogP contribution in [0, 0.1) is 20.8 Å². The fourth-order valence-corrected chi connectivity index (χ4v) is 3.01. The van der Waals surface area contributed by atoms with Crippen LogP contribution in [0.3, 0.4) is 0 Å². The normalized spacial score (nSPS) is 11.7. The van der Waals surface area contributed by atoms with Gasteiger partial charge in [0.1, 0.15) is 0 Å². The van der Waals surface area contributed by atoms with Gasteiger partial charge in [-0.1, -0.05) is 55.0 Å². The van der Waals surface area contributed by atoms with E-state index in [0.29, 0.717) is 6.42 Å².